The van der Waals surface area contributed by atoms with Crippen molar-refractivity contribution in [3.8, 4) is 0 Å². The Bertz CT molecular complexity index is 1350. The second-order valence-corrected chi connectivity index (χ2v) is 14.2. The smallest absolute Gasteiger partial charge is 0.312 e. The Morgan fingerprint density at radius 2 is 1.52 bits per heavy atom. The predicted octanol–water partition coefficient (Wildman–Crippen LogP) is 3.53. The summed E-state index contributed by atoms with van der Waals surface area (Å²) in [5.74, 6) is -7.41. The molecule has 1 aliphatic heterocycles. The molecule has 0 amide bonds. The van der Waals surface area contributed by atoms with Crippen molar-refractivity contribution in [2.45, 2.75) is 131 Å². The summed E-state index contributed by atoms with van der Waals surface area (Å²) < 4.78 is 35.4. The minimum absolute atomic E-state index is 0.0523. The Morgan fingerprint density at radius 1 is 0.958 bits per heavy atom. The quantitative estimate of drug-likeness (QED) is 0.224. The SMILES string of the molecule is C=C1C[C@H](OC(C)=O)[C@H](OC(C)=O)[C@]2(C)[C@@H](OC(=O)C(C)C)C[C@@H](OC(=O)CC(C)C)/C(C)=C\[C@@H]3OC(=O)[C@H](C)[C@@]3(O)[C@@H](OC(C)=O)[C@H]12. The lowest BCUT2D eigenvalue weighted by Crippen LogP contribution is -2.68. The molecule has 1 heterocycles. The van der Waals surface area contributed by atoms with Crippen molar-refractivity contribution in [2.75, 3.05) is 0 Å². The number of hydrogen-bond donors (Lipinski definition) is 1. The van der Waals surface area contributed by atoms with Crippen molar-refractivity contribution < 1.29 is 62.3 Å². The molecule has 0 aromatic heterocycles. The number of carbonyl (C=O) groups excluding carboxylic acids is 6. The second-order valence-electron chi connectivity index (χ2n) is 14.2. The number of hydrogen-bond acceptors (Lipinski definition) is 13. The number of fused-ring (bicyclic) bond motifs is 2. The largest absolute Gasteiger partial charge is 0.461 e. The van der Waals surface area contributed by atoms with Gasteiger partial charge in [-0.3, -0.25) is 28.8 Å². The molecule has 3 rings (SSSR count). The van der Waals surface area contributed by atoms with Gasteiger partial charge in [0.1, 0.15) is 30.5 Å². The molecular weight excluding hydrogens is 628 g/mol. The van der Waals surface area contributed by atoms with Crippen LogP contribution in [-0.4, -0.2) is 83.1 Å². The highest BCUT2D eigenvalue weighted by molar-refractivity contribution is 5.78. The lowest BCUT2D eigenvalue weighted by atomic mass is 9.54. The highest BCUT2D eigenvalue weighted by Gasteiger charge is 2.69. The van der Waals surface area contributed by atoms with E-state index < -0.39 is 101 Å². The van der Waals surface area contributed by atoms with Crippen molar-refractivity contribution in [3.05, 3.63) is 23.8 Å². The third-order valence-corrected chi connectivity index (χ3v) is 9.55. The average molecular weight is 679 g/mol. The normalized spacial score (nSPS) is 36.1. The van der Waals surface area contributed by atoms with Crippen LogP contribution in [0.25, 0.3) is 0 Å². The number of rotatable bonds is 8. The van der Waals surface area contributed by atoms with Gasteiger partial charge in [0.25, 0.3) is 0 Å². The van der Waals surface area contributed by atoms with Gasteiger partial charge in [0.05, 0.1) is 17.3 Å². The Balaban J connectivity index is 2.49. The van der Waals surface area contributed by atoms with E-state index in [1.54, 1.807) is 27.7 Å². The Hall–Kier alpha value is -3.74. The second kappa shape index (κ2) is 14.8. The minimum atomic E-state index is -2.25. The molecule has 0 aromatic carbocycles. The van der Waals surface area contributed by atoms with Crippen molar-refractivity contribution in [3.63, 3.8) is 0 Å². The van der Waals surface area contributed by atoms with Gasteiger partial charge in [0.15, 0.2) is 11.7 Å². The number of aliphatic hydroxyl groups is 1. The molecule has 48 heavy (non-hydrogen) atoms. The van der Waals surface area contributed by atoms with Gasteiger partial charge in [-0.25, -0.2) is 0 Å². The lowest BCUT2D eigenvalue weighted by molar-refractivity contribution is -0.238. The Morgan fingerprint density at radius 3 is 2.04 bits per heavy atom. The molecule has 0 radical (unpaired) electrons. The van der Waals surface area contributed by atoms with Crippen molar-refractivity contribution in [2.24, 2.45) is 29.1 Å². The molecule has 0 bridgehead atoms. The maximum atomic E-state index is 13.4. The van der Waals surface area contributed by atoms with E-state index in [0.717, 1.165) is 13.8 Å². The summed E-state index contributed by atoms with van der Waals surface area (Å²) >= 11 is 0. The molecule has 1 saturated heterocycles. The van der Waals surface area contributed by atoms with E-state index in [-0.39, 0.29) is 30.8 Å². The molecule has 1 saturated carbocycles. The highest BCUT2D eigenvalue weighted by atomic mass is 16.6. The standard InChI is InChI=1S/C35H50O13/c1-16(2)12-28(39)46-24-15-26(47-32(40)17(3)4)34(11)29(19(6)13-25(43-21(8)36)30(34)44-22(9)37)31(45-23(10)38)35(42)20(7)33(41)48-27(35)14-18(24)5/h14,16-17,20,24-27,29-31,42H,6,12-13,15H2,1-5,7-11H3/b18-14-/t20-,24+,25-,26-,27-,29-,30-,31-,34+,35-/m0/s1. The molecule has 13 nitrogen and oxygen atoms in total. The van der Waals surface area contributed by atoms with Crippen LogP contribution in [0.1, 0.15) is 88.5 Å². The maximum absolute atomic E-state index is 13.4. The van der Waals surface area contributed by atoms with Crippen LogP contribution >= 0.6 is 0 Å². The first-order valence-corrected chi connectivity index (χ1v) is 16.3. The third kappa shape index (κ3) is 7.76. The Kier molecular flexibility index (Phi) is 11.9. The van der Waals surface area contributed by atoms with Crippen LogP contribution in [0.5, 0.6) is 0 Å². The summed E-state index contributed by atoms with van der Waals surface area (Å²) in [5, 5.41) is 12.7. The summed E-state index contributed by atoms with van der Waals surface area (Å²) in [5.41, 5.74) is -3.30. The van der Waals surface area contributed by atoms with Gasteiger partial charge in [0, 0.05) is 46.0 Å². The highest BCUT2D eigenvalue weighted by Crippen LogP contribution is 2.57. The van der Waals surface area contributed by atoms with E-state index in [4.69, 9.17) is 28.4 Å². The van der Waals surface area contributed by atoms with Crippen molar-refractivity contribution >= 4 is 35.8 Å². The third-order valence-electron chi connectivity index (χ3n) is 9.55. The molecule has 1 N–H and O–H groups in total. The fraction of sp³-hybridized carbons (Fsp3) is 0.714. The fourth-order valence-electron chi connectivity index (χ4n) is 7.19. The average Bonchev–Trinajstić information content (AvgIpc) is 3.15. The van der Waals surface area contributed by atoms with Gasteiger partial charge in [-0.15, -0.1) is 0 Å². The fourth-order valence-corrected chi connectivity index (χ4v) is 7.19. The zero-order chi connectivity index (χ0) is 36.5. The van der Waals surface area contributed by atoms with E-state index in [2.05, 4.69) is 6.58 Å². The molecule has 3 aliphatic rings. The molecular formula is C35H50O13. The zero-order valence-electron chi connectivity index (χ0n) is 29.5. The molecule has 268 valence electrons. The maximum Gasteiger partial charge on any atom is 0.312 e. The van der Waals surface area contributed by atoms with Gasteiger partial charge < -0.3 is 33.5 Å². The van der Waals surface area contributed by atoms with Crippen LogP contribution in [-0.2, 0) is 57.2 Å². The Labute approximate surface area is 281 Å². The number of ether oxygens (including phenoxy) is 6. The van der Waals surface area contributed by atoms with Crippen LogP contribution in [0.15, 0.2) is 23.8 Å². The summed E-state index contributed by atoms with van der Waals surface area (Å²) in [6.07, 6.45) is -6.68. The van der Waals surface area contributed by atoms with Crippen LogP contribution in [0.3, 0.4) is 0 Å². The molecule has 0 unspecified atom stereocenters. The number of esters is 6. The minimum Gasteiger partial charge on any atom is -0.461 e. The van der Waals surface area contributed by atoms with E-state index in [1.807, 2.05) is 13.8 Å². The molecule has 2 fully saturated rings. The first kappa shape index (κ1) is 38.7. The predicted molar refractivity (Wildman–Crippen MR) is 168 cm³/mol. The van der Waals surface area contributed by atoms with E-state index >= 15 is 0 Å². The van der Waals surface area contributed by atoms with Crippen LogP contribution < -0.4 is 0 Å². The van der Waals surface area contributed by atoms with E-state index in [9.17, 15) is 33.9 Å². The van der Waals surface area contributed by atoms with Gasteiger partial charge >= 0.3 is 35.8 Å². The summed E-state index contributed by atoms with van der Waals surface area (Å²) in [6, 6.07) is 0. The number of carbonyl (C=O) groups is 6. The summed E-state index contributed by atoms with van der Waals surface area (Å²) in [6.45, 7) is 19.3. The van der Waals surface area contributed by atoms with Crippen molar-refractivity contribution in [1.29, 1.82) is 0 Å². The first-order chi connectivity index (χ1) is 22.1. The van der Waals surface area contributed by atoms with Gasteiger partial charge in [0.2, 0.25) is 0 Å². The summed E-state index contributed by atoms with van der Waals surface area (Å²) in [4.78, 5) is 77.7. The lowest BCUT2D eigenvalue weighted by Gasteiger charge is -2.57. The van der Waals surface area contributed by atoms with Gasteiger partial charge in [-0.2, -0.15) is 0 Å². The monoisotopic (exact) mass is 678 g/mol. The topological polar surface area (TPSA) is 178 Å². The van der Waals surface area contributed by atoms with E-state index in [0.29, 0.717) is 5.57 Å². The van der Waals surface area contributed by atoms with Gasteiger partial charge in [-0.1, -0.05) is 46.8 Å². The first-order valence-electron chi connectivity index (χ1n) is 16.3. The molecule has 13 heteroatoms. The summed E-state index contributed by atoms with van der Waals surface area (Å²) in [7, 11) is 0. The molecule has 0 spiro atoms. The van der Waals surface area contributed by atoms with Crippen LogP contribution in [0.4, 0.5) is 0 Å². The molecule has 10 atom stereocenters. The van der Waals surface area contributed by atoms with Crippen LogP contribution in [0.2, 0.25) is 0 Å². The van der Waals surface area contributed by atoms with Gasteiger partial charge in [-0.05, 0) is 31.4 Å². The molecule has 0 aromatic rings. The molecule has 2 aliphatic carbocycles. The van der Waals surface area contributed by atoms with E-state index in [1.165, 1.54) is 19.9 Å². The zero-order valence-corrected chi connectivity index (χ0v) is 29.5. The van der Waals surface area contributed by atoms with Crippen LogP contribution in [0, 0.1) is 29.1 Å². The van der Waals surface area contributed by atoms with Crippen molar-refractivity contribution in [1.82, 2.24) is 0 Å².